The highest BCUT2D eigenvalue weighted by molar-refractivity contribution is 6.08. The minimum absolute atomic E-state index is 0.0297. The molecule has 0 aliphatic carbocycles. The van der Waals surface area contributed by atoms with Gasteiger partial charge in [-0.15, -0.1) is 0 Å². The van der Waals surface area contributed by atoms with Crippen molar-refractivity contribution in [2.75, 3.05) is 30.3 Å². The van der Waals surface area contributed by atoms with Crippen molar-refractivity contribution in [3.63, 3.8) is 0 Å². The molecule has 0 saturated heterocycles. The Bertz CT molecular complexity index is 2790. The van der Waals surface area contributed by atoms with Crippen LogP contribution in [0.2, 0.25) is 0 Å². The summed E-state index contributed by atoms with van der Waals surface area (Å²) in [6, 6.07) is 21.4. The predicted octanol–water partition coefficient (Wildman–Crippen LogP) is 10.7. The van der Waals surface area contributed by atoms with E-state index in [1.807, 2.05) is 49.1 Å². The fourth-order valence-corrected chi connectivity index (χ4v) is 9.81. The molecular weight excluding hydrogens is 1040 g/mol. The number of amidine groups is 1. The number of Topliss-reactive ketones (excluding diaryl/α,β-unsaturated/α-hetero) is 1. The molecule has 5 rings (SSSR count). The number of alkyl carbamates (subject to hydrolysis) is 1. The number of ketones is 1. The van der Waals surface area contributed by atoms with Crippen molar-refractivity contribution in [2.24, 2.45) is 34.2 Å². The lowest BCUT2D eigenvalue weighted by Gasteiger charge is -2.25. The van der Waals surface area contributed by atoms with Gasteiger partial charge in [0.1, 0.15) is 12.4 Å². The number of nitrogens with two attached hydrogens (primary N) is 2. The highest BCUT2D eigenvalue weighted by Crippen LogP contribution is 2.29. The van der Waals surface area contributed by atoms with Crippen LogP contribution in [0.25, 0.3) is 6.08 Å². The number of nitrogens with one attached hydrogen (secondary N) is 5. The number of hydrogen-bond donors (Lipinski definition) is 7. The average molecular weight is 1130 g/mol. The van der Waals surface area contributed by atoms with Crippen molar-refractivity contribution in [2.45, 2.75) is 163 Å². The minimum atomic E-state index is -0.912. The lowest BCUT2D eigenvalue weighted by molar-refractivity contribution is -0.127. The highest BCUT2D eigenvalue weighted by atomic mass is 16.5. The molecule has 0 fully saturated rings. The summed E-state index contributed by atoms with van der Waals surface area (Å²) < 4.78 is 5.62. The number of urea groups is 1. The van der Waals surface area contributed by atoms with Gasteiger partial charge in [0.15, 0.2) is 5.78 Å². The molecule has 1 aliphatic heterocycles. The third kappa shape index (κ3) is 22.9. The lowest BCUT2D eigenvalue weighted by atomic mass is 9.90. The summed E-state index contributed by atoms with van der Waals surface area (Å²) in [4.78, 5) is 103. The van der Waals surface area contributed by atoms with E-state index in [0.29, 0.717) is 103 Å². The molecule has 0 saturated carbocycles. The molecule has 3 atom stereocenters. The quantitative estimate of drug-likeness (QED) is 0.0217. The zero-order valence-corrected chi connectivity index (χ0v) is 49.0. The maximum Gasteiger partial charge on any atom is 0.408 e. The maximum absolute atomic E-state index is 13.9. The Morgan fingerprint density at radius 2 is 1.45 bits per heavy atom. The number of ether oxygens (including phenoxy) is 1. The van der Waals surface area contributed by atoms with E-state index in [4.69, 9.17) is 16.2 Å². The first-order chi connectivity index (χ1) is 39.4. The number of aliphatic imine (C=N–C) groups is 1. The van der Waals surface area contributed by atoms with Crippen LogP contribution in [0.15, 0.2) is 102 Å². The SMILES string of the molecule is CCCN(CCC)C(=O)C1=Cc2ccc(C(=O)Nc3cncc(CCC(=O)C(Cc4ccccc4)NC(=O)OCc4ccc(NC(=O)C(CCCNC(N)=O)CCC(NC(=O)CCCCCCC(C)C)C(C)C)cc4)c3)cc2N=C(N)C1. The van der Waals surface area contributed by atoms with Gasteiger partial charge in [0, 0.05) is 79.4 Å². The van der Waals surface area contributed by atoms with Gasteiger partial charge in [-0.1, -0.05) is 116 Å². The summed E-state index contributed by atoms with van der Waals surface area (Å²) in [6.07, 6.45) is 14.6. The lowest BCUT2D eigenvalue weighted by Crippen LogP contribution is -2.42. The third-order valence-electron chi connectivity index (χ3n) is 14.4. The van der Waals surface area contributed by atoms with Crippen LogP contribution in [-0.4, -0.2) is 89.0 Å². The average Bonchev–Trinajstić information content (AvgIpc) is 3.61. The first-order valence-electron chi connectivity index (χ1n) is 29.4. The van der Waals surface area contributed by atoms with Crippen molar-refractivity contribution in [3.8, 4) is 0 Å². The monoisotopic (exact) mass is 1120 g/mol. The van der Waals surface area contributed by atoms with Gasteiger partial charge < -0.3 is 47.7 Å². The molecule has 4 aromatic rings. The van der Waals surface area contributed by atoms with E-state index in [2.05, 4.69) is 64.3 Å². The van der Waals surface area contributed by atoms with Crippen LogP contribution >= 0.6 is 0 Å². The van der Waals surface area contributed by atoms with Gasteiger partial charge in [0.2, 0.25) is 17.7 Å². The molecule has 0 bridgehead atoms. The Labute approximate surface area is 484 Å². The molecule has 82 heavy (non-hydrogen) atoms. The number of pyridine rings is 1. The summed E-state index contributed by atoms with van der Waals surface area (Å²) in [5.41, 5.74) is 16.8. The van der Waals surface area contributed by atoms with Gasteiger partial charge in [-0.25, -0.2) is 14.6 Å². The van der Waals surface area contributed by atoms with Crippen LogP contribution in [0.4, 0.5) is 26.7 Å². The maximum atomic E-state index is 13.9. The number of aromatic nitrogens is 1. The van der Waals surface area contributed by atoms with E-state index in [1.165, 1.54) is 19.0 Å². The second-order valence-electron chi connectivity index (χ2n) is 22.1. The van der Waals surface area contributed by atoms with Gasteiger partial charge in [0.25, 0.3) is 5.91 Å². The number of unbranched alkanes of at least 4 members (excludes halogenated alkanes) is 3. The van der Waals surface area contributed by atoms with Crippen molar-refractivity contribution in [1.29, 1.82) is 0 Å². The number of aryl methyl sites for hydroxylation is 1. The molecular formula is C64H88N10O8. The van der Waals surface area contributed by atoms with Crippen LogP contribution in [0.5, 0.6) is 0 Å². The normalized spacial score (nSPS) is 13.1. The molecule has 1 aliphatic rings. The number of hydrogen-bond acceptors (Lipinski definition) is 11. The standard InChI is InChI=1S/C64H88N10O8/c1-7-33-74(34-8-2)62(79)51-37-49-25-26-50(38-55(49)71-58(65)39-51)61(78)70-53-35-47(40-67-41-53)24-31-57(75)56(36-45-18-13-11-14-19-45)73-64(81)82-42-46-22-28-52(29-23-46)69-60(77)48(20-16-32-68-63(66)80)27-30-54(44(5)6)72-59(76)21-15-10-9-12-17-43(3)4/h11,13-14,18-19,22-23,25-26,28-29,35,37-38,40-41,43-44,48,54,56H,7-10,12,15-17,20-21,24,27,30-34,36,39,42H2,1-6H3,(H2,65,71)(H,69,77)(H,70,78)(H,72,76)(H,73,81)(H3,66,68,80). The summed E-state index contributed by atoms with van der Waals surface area (Å²) in [6.45, 7) is 14.2. The smallest absolute Gasteiger partial charge is 0.408 e. The number of rotatable bonds is 34. The number of amides is 7. The number of nitrogens with zero attached hydrogens (tertiary/aromatic N) is 3. The molecule has 442 valence electrons. The van der Waals surface area contributed by atoms with E-state index in [-0.39, 0.29) is 73.6 Å². The fraction of sp³-hybridized carbons (Fsp3) is 0.484. The minimum Gasteiger partial charge on any atom is -0.445 e. The van der Waals surface area contributed by atoms with Gasteiger partial charge in [0.05, 0.1) is 23.6 Å². The van der Waals surface area contributed by atoms with Gasteiger partial charge in [-0.05, 0) is 123 Å². The molecule has 18 nitrogen and oxygen atoms in total. The zero-order valence-electron chi connectivity index (χ0n) is 49.0. The number of carbonyl (C=O) groups is 7. The van der Waals surface area contributed by atoms with Gasteiger partial charge in [-0.3, -0.25) is 29.0 Å². The summed E-state index contributed by atoms with van der Waals surface area (Å²) >= 11 is 0. The fourth-order valence-electron chi connectivity index (χ4n) is 9.81. The molecule has 2 heterocycles. The van der Waals surface area contributed by atoms with Crippen molar-refractivity contribution >= 4 is 70.5 Å². The second kappa shape index (κ2) is 34.4. The number of carbonyl (C=O) groups excluding carboxylic acids is 7. The molecule has 0 spiro atoms. The van der Waals surface area contributed by atoms with E-state index in [9.17, 15) is 33.6 Å². The number of benzene rings is 3. The first-order valence-corrected chi connectivity index (χ1v) is 29.4. The van der Waals surface area contributed by atoms with E-state index in [1.54, 1.807) is 60.8 Å². The van der Waals surface area contributed by atoms with E-state index < -0.39 is 30.0 Å². The van der Waals surface area contributed by atoms with Crippen LogP contribution in [0, 0.1) is 17.8 Å². The zero-order chi connectivity index (χ0) is 59.4. The Balaban J connectivity index is 1.14. The number of primary amides is 1. The Morgan fingerprint density at radius 3 is 2.15 bits per heavy atom. The van der Waals surface area contributed by atoms with Crippen molar-refractivity contribution in [1.82, 2.24) is 25.8 Å². The molecule has 1 aromatic heterocycles. The Morgan fingerprint density at radius 1 is 0.720 bits per heavy atom. The molecule has 0 radical (unpaired) electrons. The van der Waals surface area contributed by atoms with E-state index >= 15 is 0 Å². The van der Waals surface area contributed by atoms with Crippen molar-refractivity contribution < 1.29 is 38.3 Å². The molecule has 7 amide bonds. The predicted molar refractivity (Wildman–Crippen MR) is 324 cm³/mol. The topological polar surface area (TPSA) is 269 Å². The second-order valence-corrected chi connectivity index (χ2v) is 22.1. The first kappa shape index (κ1) is 64.9. The number of fused-ring (bicyclic) bond motifs is 1. The summed E-state index contributed by atoms with van der Waals surface area (Å²) in [5, 5.41) is 14.5. The van der Waals surface area contributed by atoms with Gasteiger partial charge in [-0.2, -0.15) is 0 Å². The van der Waals surface area contributed by atoms with Crippen molar-refractivity contribution in [3.05, 3.63) is 125 Å². The Hall–Kier alpha value is -7.89. The molecule has 3 aromatic carbocycles. The molecule has 3 unspecified atom stereocenters. The summed E-state index contributed by atoms with van der Waals surface area (Å²) in [5.74, 6) is -0.157. The number of anilines is 2. The molecule has 18 heteroatoms. The third-order valence-corrected chi connectivity index (χ3v) is 14.4. The van der Waals surface area contributed by atoms with Crippen LogP contribution < -0.4 is 38.1 Å². The van der Waals surface area contributed by atoms with Gasteiger partial charge >= 0.3 is 12.1 Å². The van der Waals surface area contributed by atoms with Crippen LogP contribution in [0.3, 0.4) is 0 Å². The summed E-state index contributed by atoms with van der Waals surface area (Å²) in [7, 11) is 0. The Kier molecular flexibility index (Phi) is 27.2. The molecule has 9 N–H and O–H groups in total. The van der Waals surface area contributed by atoms with Crippen LogP contribution in [0.1, 0.15) is 164 Å². The van der Waals surface area contributed by atoms with Crippen LogP contribution in [-0.2, 0) is 43.4 Å². The largest absolute Gasteiger partial charge is 0.445 e. The highest BCUT2D eigenvalue weighted by Gasteiger charge is 2.26. The van der Waals surface area contributed by atoms with E-state index in [0.717, 1.165) is 37.7 Å².